The summed E-state index contributed by atoms with van der Waals surface area (Å²) in [4.78, 5) is 13.3. The zero-order valence-corrected chi connectivity index (χ0v) is 31.1. The van der Waals surface area contributed by atoms with Crippen molar-refractivity contribution in [1.29, 1.82) is 0 Å². The molecule has 266 valence electrons. The van der Waals surface area contributed by atoms with E-state index in [1.165, 1.54) is 126 Å². The third-order valence-corrected chi connectivity index (χ3v) is 10.5. The maximum absolute atomic E-state index is 13.3. The molecule has 1 aromatic heterocycles. The number of esters is 1. The van der Waals surface area contributed by atoms with Crippen molar-refractivity contribution in [3.05, 3.63) is 11.8 Å². The van der Waals surface area contributed by atoms with E-state index in [-0.39, 0.29) is 12.2 Å². The van der Waals surface area contributed by atoms with Gasteiger partial charge in [-0.05, 0) is 25.7 Å². The Morgan fingerprint density at radius 3 is 2.02 bits per heavy atom. The molecule has 1 fully saturated rings. The van der Waals surface area contributed by atoms with Crippen LogP contribution in [0.3, 0.4) is 0 Å². The first-order valence-corrected chi connectivity index (χ1v) is 19.9. The van der Waals surface area contributed by atoms with E-state index in [1.54, 1.807) is 0 Å². The highest BCUT2D eigenvalue weighted by Gasteiger charge is 2.44. The van der Waals surface area contributed by atoms with Crippen molar-refractivity contribution in [3.63, 3.8) is 0 Å². The number of aromatic nitrogens is 2. The van der Waals surface area contributed by atoms with Gasteiger partial charge in [0.2, 0.25) is 6.23 Å². The second-order valence-corrected chi connectivity index (χ2v) is 14.5. The molecule has 0 amide bonds. The first-order valence-electron chi connectivity index (χ1n) is 19.2. The highest BCUT2D eigenvalue weighted by Crippen LogP contribution is 2.37. The number of ether oxygens (including phenoxy) is 2. The minimum absolute atomic E-state index is 0.00512. The Bertz CT molecular complexity index is 933. The number of nitrogens with zero attached hydrogens (tertiary/aromatic N) is 3. The molecule has 2 atom stereocenters. The maximum atomic E-state index is 13.3. The molecule has 0 saturated heterocycles. The SMILES string of the molecule is CCCCCCCCCCCCCCCC(=O)OC(C1CCCCC1)[N+]1(C)CCC=C(c2nsnc2OCCCCCC)C1.CO. The summed E-state index contributed by atoms with van der Waals surface area (Å²) in [6.45, 7) is 7.00. The molecule has 2 heterocycles. The normalized spacial score (nSPS) is 19.2. The van der Waals surface area contributed by atoms with Crippen LogP contribution in [-0.4, -0.2) is 64.4 Å². The average Bonchev–Trinajstić information content (AvgIpc) is 3.55. The molecule has 8 heteroatoms. The highest BCUT2D eigenvalue weighted by atomic mass is 32.1. The molecule has 1 aliphatic carbocycles. The van der Waals surface area contributed by atoms with Crippen molar-refractivity contribution < 1.29 is 23.9 Å². The molecule has 2 unspecified atom stereocenters. The van der Waals surface area contributed by atoms with Crippen LogP contribution in [-0.2, 0) is 9.53 Å². The van der Waals surface area contributed by atoms with Crippen molar-refractivity contribution in [2.24, 2.45) is 5.92 Å². The zero-order valence-electron chi connectivity index (χ0n) is 30.2. The number of unbranched alkanes of at least 4 members (excludes halogenated alkanes) is 15. The lowest BCUT2D eigenvalue weighted by Gasteiger charge is -2.46. The van der Waals surface area contributed by atoms with Gasteiger partial charge in [-0.2, -0.15) is 4.37 Å². The van der Waals surface area contributed by atoms with Crippen LogP contribution in [0.25, 0.3) is 5.57 Å². The Kier molecular flexibility index (Phi) is 22.5. The van der Waals surface area contributed by atoms with E-state index in [4.69, 9.17) is 14.6 Å². The van der Waals surface area contributed by atoms with Crippen molar-refractivity contribution in [2.75, 3.05) is 33.9 Å². The van der Waals surface area contributed by atoms with Gasteiger partial charge < -0.3 is 14.6 Å². The van der Waals surface area contributed by atoms with Crippen LogP contribution in [0.15, 0.2) is 6.08 Å². The predicted octanol–water partition coefficient (Wildman–Crippen LogP) is 10.3. The van der Waals surface area contributed by atoms with Gasteiger partial charge in [0, 0.05) is 31.4 Å². The van der Waals surface area contributed by atoms with E-state index in [0.717, 1.165) is 68.9 Å². The van der Waals surface area contributed by atoms with Crippen molar-refractivity contribution >= 4 is 23.3 Å². The van der Waals surface area contributed by atoms with Crippen LogP contribution in [0, 0.1) is 5.92 Å². The van der Waals surface area contributed by atoms with Gasteiger partial charge >= 0.3 is 5.97 Å². The Balaban J connectivity index is 0.00000361. The lowest BCUT2D eigenvalue weighted by Crippen LogP contribution is -2.59. The van der Waals surface area contributed by atoms with Crippen molar-refractivity contribution in [1.82, 2.24) is 8.75 Å². The van der Waals surface area contributed by atoms with E-state index in [9.17, 15) is 4.79 Å². The molecule has 0 bridgehead atoms. The summed E-state index contributed by atoms with van der Waals surface area (Å²) in [5, 5.41) is 7.00. The van der Waals surface area contributed by atoms with Gasteiger partial charge in [-0.1, -0.05) is 135 Å². The van der Waals surface area contributed by atoms with Gasteiger partial charge in [0.15, 0.2) is 0 Å². The van der Waals surface area contributed by atoms with Crippen LogP contribution in [0.5, 0.6) is 5.88 Å². The fourth-order valence-corrected chi connectivity index (χ4v) is 7.79. The summed E-state index contributed by atoms with van der Waals surface area (Å²) >= 11 is 1.24. The molecule has 1 aliphatic heterocycles. The first-order chi connectivity index (χ1) is 22.6. The number of hydrogen-bond donors (Lipinski definition) is 1. The molecule has 3 rings (SSSR count). The lowest BCUT2D eigenvalue weighted by molar-refractivity contribution is -0.951. The average molecular weight is 665 g/mol. The Morgan fingerprint density at radius 1 is 0.848 bits per heavy atom. The van der Waals surface area contributed by atoms with Crippen LogP contribution in [0.4, 0.5) is 0 Å². The molecule has 0 aromatic carbocycles. The minimum Gasteiger partial charge on any atom is -0.475 e. The molecular weight excluding hydrogens is 595 g/mol. The maximum Gasteiger partial charge on any atom is 0.310 e. The van der Waals surface area contributed by atoms with Gasteiger partial charge in [-0.3, -0.25) is 9.28 Å². The number of hydrogen-bond acceptors (Lipinski definition) is 7. The van der Waals surface area contributed by atoms with Gasteiger partial charge in [0.1, 0.15) is 12.2 Å². The van der Waals surface area contributed by atoms with E-state index < -0.39 is 0 Å². The minimum atomic E-state index is -0.0847. The topological polar surface area (TPSA) is 81.5 Å². The number of rotatable bonds is 24. The highest BCUT2D eigenvalue weighted by molar-refractivity contribution is 6.99. The van der Waals surface area contributed by atoms with Crippen LogP contribution >= 0.6 is 11.7 Å². The molecule has 0 radical (unpaired) electrons. The van der Waals surface area contributed by atoms with Crippen LogP contribution in [0.1, 0.15) is 174 Å². The Hall–Kier alpha value is -1.51. The van der Waals surface area contributed by atoms with Crippen molar-refractivity contribution in [2.45, 2.75) is 174 Å². The van der Waals surface area contributed by atoms with E-state index in [1.807, 2.05) is 0 Å². The smallest absolute Gasteiger partial charge is 0.310 e. The number of aliphatic hydroxyl groups excluding tert-OH is 1. The number of aliphatic hydroxyl groups is 1. The standard InChI is InChI=1S/C37H66N3O3S.CH4O/c1-4-6-8-10-11-12-13-14-15-16-17-18-22-28-34(41)43-37(32-25-20-19-21-26-32)40(3)29-24-27-33(31-40)35-36(39-44-38-35)42-30-23-9-7-5-2;1-2/h27,32,37H,4-26,28-31H2,1-3H3;2H,1H3/q+1;. The fourth-order valence-electron chi connectivity index (χ4n) is 7.26. The second-order valence-electron chi connectivity index (χ2n) is 14.0. The third-order valence-electron chi connectivity index (χ3n) is 9.97. The monoisotopic (exact) mass is 665 g/mol. The molecule has 46 heavy (non-hydrogen) atoms. The van der Waals surface area contributed by atoms with Gasteiger partial charge in [0.05, 0.1) is 31.9 Å². The largest absolute Gasteiger partial charge is 0.475 e. The molecule has 1 aromatic rings. The fraction of sp³-hybridized carbons (Fsp3) is 0.868. The van der Waals surface area contributed by atoms with Gasteiger partial charge in [-0.15, -0.1) is 4.37 Å². The summed E-state index contributed by atoms with van der Waals surface area (Å²) < 4.78 is 22.5. The molecule has 0 spiro atoms. The number of likely N-dealkylation sites (N-methyl/N-ethyl adjacent to an activating group) is 1. The van der Waals surface area contributed by atoms with Gasteiger partial charge in [0.25, 0.3) is 5.88 Å². The zero-order chi connectivity index (χ0) is 33.3. The van der Waals surface area contributed by atoms with E-state index in [2.05, 4.69) is 35.7 Å². The van der Waals surface area contributed by atoms with Crippen LogP contribution in [0.2, 0.25) is 0 Å². The van der Waals surface area contributed by atoms with E-state index >= 15 is 0 Å². The lowest BCUT2D eigenvalue weighted by atomic mass is 9.86. The quantitative estimate of drug-likeness (QED) is 0.0673. The van der Waals surface area contributed by atoms with Gasteiger partial charge in [-0.25, -0.2) is 0 Å². The third kappa shape index (κ3) is 15.6. The molecule has 1 saturated carbocycles. The summed E-state index contributed by atoms with van der Waals surface area (Å²) in [6, 6.07) is 0. The Morgan fingerprint density at radius 2 is 1.41 bits per heavy atom. The molecular formula is C38H70N3O4S+. The predicted molar refractivity (Wildman–Crippen MR) is 193 cm³/mol. The summed E-state index contributed by atoms with van der Waals surface area (Å²) in [7, 11) is 3.30. The first kappa shape index (κ1) is 40.7. The number of carbonyl (C=O) groups excluding carboxylic acids is 1. The summed E-state index contributed by atoms with van der Waals surface area (Å²) in [5.74, 6) is 1.12. The van der Waals surface area contributed by atoms with E-state index in [0.29, 0.717) is 24.8 Å². The number of carbonyl (C=O) groups is 1. The molecule has 2 aliphatic rings. The van der Waals surface area contributed by atoms with Crippen molar-refractivity contribution in [3.8, 4) is 5.88 Å². The summed E-state index contributed by atoms with van der Waals surface area (Å²) in [5.41, 5.74) is 2.10. The Labute approximate surface area is 286 Å². The second kappa shape index (κ2) is 25.5. The van der Waals surface area contributed by atoms with Crippen LogP contribution < -0.4 is 4.74 Å². The summed E-state index contributed by atoms with van der Waals surface area (Å²) in [6.07, 6.45) is 31.7. The number of quaternary nitrogens is 1. The molecule has 7 nitrogen and oxygen atoms in total. The molecule has 1 N–H and O–H groups in total.